The van der Waals surface area contributed by atoms with Gasteiger partial charge in [-0.1, -0.05) is 0 Å². The molecule has 1 amide bonds. The molecule has 0 aliphatic rings. The number of hydrogen-bond donors (Lipinski definition) is 1. The van der Waals surface area contributed by atoms with Crippen LogP contribution in [0.4, 0.5) is 4.79 Å². The summed E-state index contributed by atoms with van der Waals surface area (Å²) in [5.74, 6) is -0.924. The van der Waals surface area contributed by atoms with Crippen LogP contribution in [0, 0.1) is 0 Å². The van der Waals surface area contributed by atoms with Crippen LogP contribution in [0.3, 0.4) is 0 Å². The van der Waals surface area contributed by atoms with Crippen molar-refractivity contribution in [2.24, 2.45) is 0 Å². The van der Waals surface area contributed by atoms with Crippen LogP contribution < -0.4 is 5.32 Å². The van der Waals surface area contributed by atoms with Gasteiger partial charge in [0.05, 0.1) is 0 Å². The first kappa shape index (κ1) is 15.9. The Bertz CT molecular complexity index is 380. The highest BCUT2D eigenvalue weighted by Gasteiger charge is 2.16. The summed E-state index contributed by atoms with van der Waals surface area (Å²) < 4.78 is 26.5. The number of hydrogen-bond acceptors (Lipinski definition) is 5. The molecular formula is C10H19NO5S. The molecule has 0 saturated carbocycles. The zero-order chi connectivity index (χ0) is 13.7. The summed E-state index contributed by atoms with van der Waals surface area (Å²) in [4.78, 5) is 22.3. The van der Waals surface area contributed by atoms with Crippen LogP contribution in [0.1, 0.15) is 27.2 Å². The summed E-state index contributed by atoms with van der Waals surface area (Å²) >= 11 is 0. The third-order valence-electron chi connectivity index (χ3n) is 1.50. The Labute approximate surface area is 102 Å². The minimum absolute atomic E-state index is 0.0215. The molecule has 0 aliphatic heterocycles. The molecule has 100 valence electrons. The Morgan fingerprint density at radius 3 is 2.18 bits per heavy atom. The average molecular weight is 265 g/mol. The summed E-state index contributed by atoms with van der Waals surface area (Å²) in [6, 6.07) is 0. The lowest BCUT2D eigenvalue weighted by Crippen LogP contribution is -2.34. The third kappa shape index (κ3) is 11.2. The van der Waals surface area contributed by atoms with Crippen molar-refractivity contribution in [3.63, 3.8) is 0 Å². The molecule has 0 fully saturated rings. The number of ketones is 1. The molecule has 17 heavy (non-hydrogen) atoms. The molecule has 0 spiro atoms. The van der Waals surface area contributed by atoms with Crippen LogP contribution in [0.25, 0.3) is 0 Å². The Hall–Kier alpha value is -1.11. The molecule has 6 nitrogen and oxygen atoms in total. The van der Waals surface area contributed by atoms with Gasteiger partial charge < -0.3 is 10.1 Å². The maximum atomic E-state index is 11.2. The van der Waals surface area contributed by atoms with Gasteiger partial charge in [-0.2, -0.15) is 0 Å². The van der Waals surface area contributed by atoms with Crippen LogP contribution in [-0.4, -0.2) is 44.4 Å². The van der Waals surface area contributed by atoms with E-state index in [4.69, 9.17) is 4.74 Å². The fourth-order valence-corrected chi connectivity index (χ4v) is 1.71. The Morgan fingerprint density at radius 1 is 1.24 bits per heavy atom. The average Bonchev–Trinajstić information content (AvgIpc) is 1.95. The fraction of sp³-hybridized carbons (Fsp3) is 0.800. The zero-order valence-corrected chi connectivity index (χ0v) is 11.4. The highest BCUT2D eigenvalue weighted by Crippen LogP contribution is 2.06. The van der Waals surface area contributed by atoms with E-state index < -0.39 is 33.1 Å². The molecule has 0 saturated heterocycles. The maximum Gasteiger partial charge on any atom is 0.407 e. The number of sulfone groups is 1. The summed E-state index contributed by atoms with van der Waals surface area (Å²) in [5, 5.41) is 2.38. The van der Waals surface area contributed by atoms with Crippen molar-refractivity contribution in [1.29, 1.82) is 0 Å². The molecule has 0 aromatic carbocycles. The number of rotatable bonds is 5. The van der Waals surface area contributed by atoms with E-state index in [1.165, 1.54) is 0 Å². The normalized spacial score (nSPS) is 12.0. The van der Waals surface area contributed by atoms with Gasteiger partial charge in [0.1, 0.15) is 17.1 Å². The first-order valence-electron chi connectivity index (χ1n) is 5.16. The van der Waals surface area contributed by atoms with Gasteiger partial charge >= 0.3 is 6.09 Å². The van der Waals surface area contributed by atoms with E-state index >= 15 is 0 Å². The molecule has 0 aromatic heterocycles. The third-order valence-corrected chi connectivity index (χ3v) is 2.34. The summed E-state index contributed by atoms with van der Waals surface area (Å²) in [6.07, 6.45) is 0.350. The molecule has 0 aromatic rings. The smallest absolute Gasteiger partial charge is 0.407 e. The van der Waals surface area contributed by atoms with Crippen molar-refractivity contribution in [2.75, 3.05) is 18.6 Å². The summed E-state index contributed by atoms with van der Waals surface area (Å²) in [6.45, 7) is 5.24. The maximum absolute atomic E-state index is 11.2. The SMILES string of the molecule is CC(C)(C)OC(=O)NCCC(=O)CS(C)(=O)=O. The van der Waals surface area contributed by atoms with Gasteiger partial charge in [-0.15, -0.1) is 0 Å². The van der Waals surface area contributed by atoms with E-state index in [1.807, 2.05) is 0 Å². The van der Waals surface area contributed by atoms with Crippen molar-refractivity contribution in [3.8, 4) is 0 Å². The van der Waals surface area contributed by atoms with Crippen LogP contribution in [0.15, 0.2) is 0 Å². The number of amides is 1. The largest absolute Gasteiger partial charge is 0.444 e. The number of Topliss-reactive ketones (excluding diaryl/α,β-unsaturated/α-hetero) is 1. The van der Waals surface area contributed by atoms with E-state index in [0.29, 0.717) is 0 Å². The topological polar surface area (TPSA) is 89.5 Å². The van der Waals surface area contributed by atoms with Crippen LogP contribution in [0.5, 0.6) is 0 Å². The molecule has 0 unspecified atom stereocenters. The quantitative estimate of drug-likeness (QED) is 0.782. The molecule has 0 aliphatic carbocycles. The van der Waals surface area contributed by atoms with Crippen LogP contribution >= 0.6 is 0 Å². The van der Waals surface area contributed by atoms with Crippen LogP contribution in [-0.2, 0) is 19.4 Å². The monoisotopic (exact) mass is 265 g/mol. The summed E-state index contributed by atoms with van der Waals surface area (Å²) in [5.41, 5.74) is -0.596. The predicted molar refractivity (Wildman–Crippen MR) is 63.6 cm³/mol. The Kier molecular flexibility index (Phi) is 5.60. The second kappa shape index (κ2) is 6.00. The van der Waals surface area contributed by atoms with Gasteiger partial charge in [0.15, 0.2) is 9.84 Å². The van der Waals surface area contributed by atoms with Crippen molar-refractivity contribution in [1.82, 2.24) is 5.32 Å². The highest BCUT2D eigenvalue weighted by atomic mass is 32.2. The van der Waals surface area contributed by atoms with E-state index in [-0.39, 0.29) is 13.0 Å². The number of ether oxygens (including phenoxy) is 1. The first-order chi connectivity index (χ1) is 7.49. The second-order valence-electron chi connectivity index (χ2n) is 4.79. The van der Waals surface area contributed by atoms with E-state index in [9.17, 15) is 18.0 Å². The van der Waals surface area contributed by atoms with Gasteiger partial charge in [0, 0.05) is 19.2 Å². The van der Waals surface area contributed by atoms with Crippen molar-refractivity contribution in [2.45, 2.75) is 32.8 Å². The molecule has 0 rings (SSSR count). The van der Waals surface area contributed by atoms with E-state index in [0.717, 1.165) is 6.26 Å². The van der Waals surface area contributed by atoms with Gasteiger partial charge in [-0.25, -0.2) is 13.2 Å². The number of alkyl carbamates (subject to hydrolysis) is 1. The van der Waals surface area contributed by atoms with Crippen molar-refractivity contribution in [3.05, 3.63) is 0 Å². The number of nitrogens with one attached hydrogen (secondary N) is 1. The summed E-state index contributed by atoms with van der Waals surface area (Å²) in [7, 11) is -3.30. The lowest BCUT2D eigenvalue weighted by molar-refractivity contribution is -0.116. The van der Waals surface area contributed by atoms with Gasteiger partial charge in [0.2, 0.25) is 0 Å². The molecule has 1 N–H and O–H groups in total. The molecule has 0 bridgehead atoms. The number of carbonyl (C=O) groups excluding carboxylic acids is 2. The fourth-order valence-electron chi connectivity index (χ4n) is 0.983. The molecule has 0 radical (unpaired) electrons. The van der Waals surface area contributed by atoms with Crippen molar-refractivity contribution < 1.29 is 22.7 Å². The molecule has 7 heteroatoms. The Balaban J connectivity index is 3.86. The molecule has 0 atom stereocenters. The second-order valence-corrected chi connectivity index (χ2v) is 6.93. The van der Waals surface area contributed by atoms with E-state index in [1.54, 1.807) is 20.8 Å². The lowest BCUT2D eigenvalue weighted by atomic mass is 10.2. The minimum atomic E-state index is -3.30. The van der Waals surface area contributed by atoms with E-state index in [2.05, 4.69) is 5.32 Å². The van der Waals surface area contributed by atoms with Crippen molar-refractivity contribution >= 4 is 21.7 Å². The predicted octanol–water partition coefficient (Wildman–Crippen LogP) is 0.515. The Morgan fingerprint density at radius 2 is 1.76 bits per heavy atom. The van der Waals surface area contributed by atoms with Crippen LogP contribution in [0.2, 0.25) is 0 Å². The minimum Gasteiger partial charge on any atom is -0.444 e. The van der Waals surface area contributed by atoms with Gasteiger partial charge in [-0.3, -0.25) is 4.79 Å². The lowest BCUT2D eigenvalue weighted by Gasteiger charge is -2.19. The molecular weight excluding hydrogens is 246 g/mol. The highest BCUT2D eigenvalue weighted by molar-refractivity contribution is 7.91. The van der Waals surface area contributed by atoms with Gasteiger partial charge in [0.25, 0.3) is 0 Å². The van der Waals surface area contributed by atoms with Gasteiger partial charge in [-0.05, 0) is 20.8 Å². The first-order valence-corrected chi connectivity index (χ1v) is 7.22. The zero-order valence-electron chi connectivity index (χ0n) is 10.6. The molecule has 0 heterocycles. The standard InChI is InChI=1S/C10H19NO5S/c1-10(2,3)16-9(13)11-6-5-8(12)7-17(4,14)15/h5-7H2,1-4H3,(H,11,13). The number of carbonyl (C=O) groups is 2.